The van der Waals surface area contributed by atoms with E-state index >= 15 is 0 Å². The third-order valence-electron chi connectivity index (χ3n) is 5.06. The highest BCUT2D eigenvalue weighted by Gasteiger charge is 2.26. The Morgan fingerprint density at radius 3 is 2.75 bits per heavy atom. The van der Waals surface area contributed by atoms with Gasteiger partial charge in [0.1, 0.15) is 12.3 Å². The van der Waals surface area contributed by atoms with E-state index in [1.54, 1.807) is 18.9 Å². The average molecular weight is 390 g/mol. The quantitative estimate of drug-likeness (QED) is 0.420. The van der Waals surface area contributed by atoms with Gasteiger partial charge in [-0.05, 0) is 44.2 Å². The van der Waals surface area contributed by atoms with Crippen molar-refractivity contribution >= 4 is 34.4 Å². The van der Waals surface area contributed by atoms with Gasteiger partial charge in [0.15, 0.2) is 0 Å². The molecule has 142 valence electrons. The fraction of sp³-hybridized carbons (Fsp3) is 0.208. The fourth-order valence-corrected chi connectivity index (χ4v) is 4.85. The largest absolute Gasteiger partial charge is 0.497 e. The van der Waals surface area contributed by atoms with Crippen molar-refractivity contribution < 1.29 is 9.30 Å². The molecular formula is C24H25N2OS+. The van der Waals surface area contributed by atoms with Crippen LogP contribution in [-0.4, -0.2) is 13.7 Å². The lowest BCUT2D eigenvalue weighted by molar-refractivity contribution is -0.669. The minimum Gasteiger partial charge on any atom is -0.497 e. The summed E-state index contributed by atoms with van der Waals surface area (Å²) >= 11 is 1.78. The molecule has 0 saturated heterocycles. The number of pyridine rings is 1. The zero-order valence-electron chi connectivity index (χ0n) is 16.6. The molecule has 0 atom stereocenters. The van der Waals surface area contributed by atoms with Crippen molar-refractivity contribution in [1.29, 1.82) is 0 Å². The maximum atomic E-state index is 5.41. The molecule has 0 amide bonds. The molecule has 0 fully saturated rings. The number of rotatable bonds is 5. The van der Waals surface area contributed by atoms with E-state index in [9.17, 15) is 0 Å². The lowest BCUT2D eigenvalue weighted by Crippen LogP contribution is -2.37. The number of ether oxygens (including phenoxy) is 1. The Kier molecular flexibility index (Phi) is 5.14. The van der Waals surface area contributed by atoms with Gasteiger partial charge in [-0.1, -0.05) is 29.5 Å². The Hall–Kier alpha value is -2.72. The van der Waals surface area contributed by atoms with Crippen molar-refractivity contribution in [2.24, 2.45) is 0 Å². The molecule has 1 aromatic heterocycles. The van der Waals surface area contributed by atoms with Crippen LogP contribution < -0.4 is 14.2 Å². The monoisotopic (exact) mass is 389 g/mol. The zero-order valence-corrected chi connectivity index (χ0v) is 17.4. The van der Waals surface area contributed by atoms with Crippen molar-refractivity contribution in [1.82, 2.24) is 0 Å². The van der Waals surface area contributed by atoms with Crippen LogP contribution in [0.4, 0.5) is 5.69 Å². The predicted octanol–water partition coefficient (Wildman–Crippen LogP) is 5.56. The second-order valence-corrected chi connectivity index (χ2v) is 7.94. The summed E-state index contributed by atoms with van der Waals surface area (Å²) in [6.45, 7) is 9.98. The summed E-state index contributed by atoms with van der Waals surface area (Å²) in [7, 11) is 1.71. The second kappa shape index (κ2) is 7.72. The van der Waals surface area contributed by atoms with Crippen molar-refractivity contribution in [2.45, 2.75) is 25.3 Å². The number of hydrogen-bond acceptors (Lipinski definition) is 3. The van der Waals surface area contributed by atoms with Gasteiger partial charge in [-0.25, -0.2) is 0 Å². The summed E-state index contributed by atoms with van der Waals surface area (Å²) in [5.41, 5.74) is 4.96. The molecule has 0 aliphatic carbocycles. The first kappa shape index (κ1) is 18.6. The average Bonchev–Trinajstić information content (AvgIpc) is 3.04. The number of thioether (sulfide) groups is 1. The molecule has 0 saturated carbocycles. The molecule has 2 aromatic carbocycles. The number of anilines is 1. The van der Waals surface area contributed by atoms with E-state index in [4.69, 9.17) is 4.74 Å². The van der Waals surface area contributed by atoms with E-state index in [-0.39, 0.29) is 0 Å². The molecule has 1 aliphatic heterocycles. The number of aromatic nitrogens is 1. The lowest BCUT2D eigenvalue weighted by Gasteiger charge is -2.18. The van der Waals surface area contributed by atoms with E-state index in [0.717, 1.165) is 18.8 Å². The van der Waals surface area contributed by atoms with Gasteiger partial charge >= 0.3 is 0 Å². The molecule has 28 heavy (non-hydrogen) atoms. The minimum atomic E-state index is 0.775. The Bertz CT molecular complexity index is 1090. The summed E-state index contributed by atoms with van der Waals surface area (Å²) in [6.07, 6.45) is 4.23. The Balaban J connectivity index is 1.81. The summed E-state index contributed by atoms with van der Waals surface area (Å²) in [5, 5.41) is 2.48. The second-order valence-electron chi connectivity index (χ2n) is 6.88. The van der Waals surface area contributed by atoms with Crippen LogP contribution in [0.1, 0.15) is 18.2 Å². The van der Waals surface area contributed by atoms with E-state index < -0.39 is 0 Å². The molecule has 0 bridgehead atoms. The summed E-state index contributed by atoms with van der Waals surface area (Å²) in [6, 6.07) is 17.3. The van der Waals surface area contributed by atoms with Crippen molar-refractivity contribution in [3.05, 3.63) is 77.5 Å². The van der Waals surface area contributed by atoms with Crippen LogP contribution in [0, 0.1) is 6.92 Å². The number of nitrogens with zero attached hydrogens (tertiary/aromatic N) is 2. The van der Waals surface area contributed by atoms with Crippen LogP contribution in [0.15, 0.2) is 71.1 Å². The van der Waals surface area contributed by atoms with Crippen molar-refractivity contribution in [3.8, 4) is 5.75 Å². The van der Waals surface area contributed by atoms with Crippen LogP contribution in [0.2, 0.25) is 0 Å². The number of aryl methyl sites for hydroxylation is 2. The van der Waals surface area contributed by atoms with Crippen LogP contribution in [0.5, 0.6) is 5.75 Å². The Labute approximate surface area is 170 Å². The van der Waals surface area contributed by atoms with Gasteiger partial charge in [0.25, 0.3) is 0 Å². The third kappa shape index (κ3) is 3.29. The van der Waals surface area contributed by atoms with Crippen LogP contribution in [0.25, 0.3) is 17.0 Å². The molecule has 3 aromatic rings. The lowest BCUT2D eigenvalue weighted by atomic mass is 10.1. The van der Waals surface area contributed by atoms with Gasteiger partial charge in [0.2, 0.25) is 11.2 Å². The highest BCUT2D eigenvalue weighted by atomic mass is 32.2. The standard InChI is InChI=1S/C24H25N2OS/c1-5-13-26-22-12-10-20(27-4)16-23(22)28-24(26)15-19-9-8-18-14-17(3)7-11-21(18)25(19)6-2/h5,7-12,14-16H,1,6,13H2,2-4H3/q+1. The van der Waals surface area contributed by atoms with E-state index in [0.29, 0.717) is 0 Å². The van der Waals surface area contributed by atoms with Gasteiger partial charge < -0.3 is 9.64 Å². The topological polar surface area (TPSA) is 16.4 Å². The molecule has 2 heterocycles. The first-order chi connectivity index (χ1) is 13.6. The first-order valence-electron chi connectivity index (χ1n) is 9.54. The maximum absolute atomic E-state index is 5.41. The number of hydrogen-bond donors (Lipinski definition) is 0. The first-order valence-corrected chi connectivity index (χ1v) is 10.4. The predicted molar refractivity (Wildman–Crippen MR) is 119 cm³/mol. The maximum Gasteiger partial charge on any atom is 0.212 e. The summed E-state index contributed by atoms with van der Waals surface area (Å²) in [5.74, 6) is 0.885. The fourth-order valence-electron chi connectivity index (χ4n) is 3.70. The zero-order chi connectivity index (χ0) is 19.7. The Morgan fingerprint density at radius 1 is 1.14 bits per heavy atom. The molecule has 0 spiro atoms. The molecule has 0 unspecified atom stereocenters. The van der Waals surface area contributed by atoms with Gasteiger partial charge in [-0.2, -0.15) is 4.57 Å². The molecule has 3 nitrogen and oxygen atoms in total. The van der Waals surface area contributed by atoms with Crippen molar-refractivity contribution in [2.75, 3.05) is 18.6 Å². The van der Waals surface area contributed by atoms with Crippen LogP contribution >= 0.6 is 11.8 Å². The molecule has 0 N–H and O–H groups in total. The number of fused-ring (bicyclic) bond motifs is 2. The summed E-state index contributed by atoms with van der Waals surface area (Å²) in [4.78, 5) is 3.53. The molecule has 1 aliphatic rings. The van der Waals surface area contributed by atoms with Gasteiger partial charge in [0.05, 0.1) is 17.8 Å². The minimum absolute atomic E-state index is 0.775. The van der Waals surface area contributed by atoms with Gasteiger partial charge in [0, 0.05) is 35.0 Å². The van der Waals surface area contributed by atoms with Gasteiger partial charge in [-0.3, -0.25) is 0 Å². The van der Waals surface area contributed by atoms with Gasteiger partial charge in [-0.15, -0.1) is 6.58 Å². The third-order valence-corrected chi connectivity index (χ3v) is 6.15. The highest BCUT2D eigenvalue weighted by Crippen LogP contribution is 2.47. The van der Waals surface area contributed by atoms with E-state index in [1.807, 2.05) is 12.1 Å². The molecule has 4 heteroatoms. The Morgan fingerprint density at radius 2 is 2.00 bits per heavy atom. The highest BCUT2D eigenvalue weighted by molar-refractivity contribution is 8.03. The number of methoxy groups -OCH3 is 1. The van der Waals surface area contributed by atoms with E-state index in [1.165, 1.54) is 37.8 Å². The van der Waals surface area contributed by atoms with Crippen molar-refractivity contribution in [3.63, 3.8) is 0 Å². The number of benzene rings is 2. The molecular weight excluding hydrogens is 364 g/mol. The normalized spacial score (nSPS) is 14.5. The SMILES string of the molecule is C=CCN1/C(=C/c2ccc3cc(C)ccc3[n+]2CC)Sc2cc(OC)ccc21. The summed E-state index contributed by atoms with van der Waals surface area (Å²) < 4.78 is 7.78. The molecule has 4 rings (SSSR count). The van der Waals surface area contributed by atoms with E-state index in [2.05, 4.69) is 78.4 Å². The van der Waals surface area contributed by atoms with Crippen LogP contribution in [-0.2, 0) is 6.54 Å². The molecule has 0 radical (unpaired) electrons. The van der Waals surface area contributed by atoms with Crippen LogP contribution in [0.3, 0.4) is 0 Å². The smallest absolute Gasteiger partial charge is 0.212 e.